The van der Waals surface area contributed by atoms with E-state index in [1.54, 1.807) is 23.5 Å². The Labute approximate surface area is 181 Å². The van der Waals surface area contributed by atoms with Gasteiger partial charge in [0.1, 0.15) is 5.82 Å². The number of hydrogen-bond acceptors (Lipinski definition) is 4. The maximum Gasteiger partial charge on any atom is 0.183 e. The molecule has 0 saturated heterocycles. The zero-order valence-corrected chi connectivity index (χ0v) is 18.7. The Morgan fingerprint density at radius 2 is 2.03 bits per heavy atom. The predicted molar refractivity (Wildman–Crippen MR) is 126 cm³/mol. The molecule has 3 nitrogen and oxygen atoms in total. The van der Waals surface area contributed by atoms with Gasteiger partial charge in [0.2, 0.25) is 0 Å². The third-order valence-corrected chi connectivity index (χ3v) is 7.33. The van der Waals surface area contributed by atoms with Crippen molar-refractivity contribution in [3.8, 4) is 0 Å². The highest BCUT2D eigenvalue weighted by Gasteiger charge is 2.27. The van der Waals surface area contributed by atoms with Crippen molar-refractivity contribution in [1.82, 2.24) is 4.98 Å². The Morgan fingerprint density at radius 3 is 2.87 bits per heavy atom. The SMILES string of the molecule is CC(C)Nc1nc2cc(N3CCC4=C(C3)c3cc(F)ccc3C(C)CC4)ccc2s1. The van der Waals surface area contributed by atoms with Gasteiger partial charge >= 0.3 is 0 Å². The summed E-state index contributed by atoms with van der Waals surface area (Å²) in [6.45, 7) is 8.37. The van der Waals surface area contributed by atoms with Crippen molar-refractivity contribution in [3.63, 3.8) is 0 Å². The van der Waals surface area contributed by atoms with E-state index in [9.17, 15) is 4.39 Å². The third-order valence-electron chi connectivity index (χ3n) is 6.36. The Hall–Kier alpha value is -2.40. The monoisotopic (exact) mass is 421 g/mol. The van der Waals surface area contributed by atoms with Crippen LogP contribution in [0.1, 0.15) is 57.1 Å². The highest BCUT2D eigenvalue weighted by Crippen LogP contribution is 2.41. The number of benzene rings is 2. The van der Waals surface area contributed by atoms with Gasteiger partial charge in [0.25, 0.3) is 0 Å². The summed E-state index contributed by atoms with van der Waals surface area (Å²) in [4.78, 5) is 7.21. The third kappa shape index (κ3) is 3.60. The van der Waals surface area contributed by atoms with E-state index in [2.05, 4.69) is 49.2 Å². The van der Waals surface area contributed by atoms with Crippen LogP contribution in [0.4, 0.5) is 15.2 Å². The molecule has 0 amide bonds. The zero-order valence-electron chi connectivity index (χ0n) is 17.8. The smallest absolute Gasteiger partial charge is 0.183 e. The van der Waals surface area contributed by atoms with Crippen molar-refractivity contribution in [2.45, 2.75) is 52.0 Å². The first-order chi connectivity index (χ1) is 14.5. The lowest BCUT2D eigenvalue weighted by atomic mass is 9.90. The number of aromatic nitrogens is 1. The number of nitrogens with zero attached hydrogens (tertiary/aromatic N) is 2. The van der Waals surface area contributed by atoms with Gasteiger partial charge < -0.3 is 10.2 Å². The second kappa shape index (κ2) is 7.69. The molecule has 1 aliphatic heterocycles. The molecule has 3 aromatic rings. The molecule has 0 spiro atoms. The summed E-state index contributed by atoms with van der Waals surface area (Å²) < 4.78 is 15.4. The Balaban J connectivity index is 1.48. The normalized spacial score (nSPS) is 19.1. The van der Waals surface area contributed by atoms with Crippen LogP contribution in [0.2, 0.25) is 0 Å². The molecule has 1 unspecified atom stereocenters. The number of nitrogens with one attached hydrogen (secondary N) is 1. The largest absolute Gasteiger partial charge is 0.367 e. The average molecular weight is 422 g/mol. The molecule has 1 atom stereocenters. The van der Waals surface area contributed by atoms with Gasteiger partial charge in [-0.2, -0.15) is 0 Å². The minimum absolute atomic E-state index is 0.138. The van der Waals surface area contributed by atoms with Gasteiger partial charge in [-0.05, 0) is 86.1 Å². The van der Waals surface area contributed by atoms with Crippen molar-refractivity contribution in [2.24, 2.45) is 0 Å². The van der Waals surface area contributed by atoms with Crippen molar-refractivity contribution in [1.29, 1.82) is 0 Å². The molecule has 2 aromatic carbocycles. The van der Waals surface area contributed by atoms with Gasteiger partial charge in [0, 0.05) is 24.8 Å². The summed E-state index contributed by atoms with van der Waals surface area (Å²) in [6.07, 6.45) is 3.32. The fourth-order valence-electron chi connectivity index (χ4n) is 4.76. The van der Waals surface area contributed by atoms with Gasteiger partial charge in [-0.15, -0.1) is 0 Å². The van der Waals surface area contributed by atoms with Crippen molar-refractivity contribution in [3.05, 3.63) is 58.9 Å². The molecule has 156 valence electrons. The Kier molecular flexibility index (Phi) is 5.02. The molecule has 1 N–H and O–H groups in total. The number of anilines is 2. The van der Waals surface area contributed by atoms with E-state index < -0.39 is 0 Å². The summed E-state index contributed by atoms with van der Waals surface area (Å²) in [5.74, 6) is 0.332. The quantitative estimate of drug-likeness (QED) is 0.503. The Morgan fingerprint density at radius 1 is 1.17 bits per heavy atom. The summed E-state index contributed by atoms with van der Waals surface area (Å²) in [6, 6.07) is 12.3. The first kappa shape index (κ1) is 19.6. The number of rotatable bonds is 3. The van der Waals surface area contributed by atoms with E-state index >= 15 is 0 Å². The van der Waals surface area contributed by atoms with Crippen LogP contribution >= 0.6 is 11.3 Å². The molecule has 5 heteroatoms. The molecule has 0 bridgehead atoms. The van der Waals surface area contributed by atoms with Gasteiger partial charge in [0.05, 0.1) is 10.2 Å². The molecule has 5 rings (SSSR count). The molecule has 2 heterocycles. The maximum absolute atomic E-state index is 14.2. The maximum atomic E-state index is 14.2. The topological polar surface area (TPSA) is 28.2 Å². The molecular formula is C25H28FN3S. The van der Waals surface area contributed by atoms with Crippen LogP contribution in [0.25, 0.3) is 15.8 Å². The van der Waals surface area contributed by atoms with Crippen LogP contribution < -0.4 is 10.2 Å². The van der Waals surface area contributed by atoms with Crippen LogP contribution in [-0.2, 0) is 0 Å². The number of hydrogen-bond donors (Lipinski definition) is 1. The van der Waals surface area contributed by atoms with Crippen LogP contribution in [-0.4, -0.2) is 24.1 Å². The van der Waals surface area contributed by atoms with E-state index in [0.29, 0.717) is 12.0 Å². The molecule has 30 heavy (non-hydrogen) atoms. The fraction of sp³-hybridized carbons (Fsp3) is 0.400. The van der Waals surface area contributed by atoms with E-state index in [1.165, 1.54) is 27.1 Å². The number of halogens is 1. The number of fused-ring (bicyclic) bond motifs is 3. The second-order valence-corrected chi connectivity index (χ2v) is 9.93. The summed E-state index contributed by atoms with van der Waals surface area (Å²) in [5, 5.41) is 4.38. The van der Waals surface area contributed by atoms with Crippen LogP contribution in [0.3, 0.4) is 0 Å². The first-order valence-electron chi connectivity index (χ1n) is 10.9. The summed E-state index contributed by atoms with van der Waals surface area (Å²) >= 11 is 1.70. The van der Waals surface area contributed by atoms with Crippen LogP contribution in [0, 0.1) is 5.82 Å². The van der Waals surface area contributed by atoms with E-state index in [4.69, 9.17) is 4.98 Å². The first-order valence-corrected chi connectivity index (χ1v) is 11.7. The molecule has 0 radical (unpaired) electrons. The van der Waals surface area contributed by atoms with Crippen molar-refractivity contribution in [2.75, 3.05) is 23.3 Å². The van der Waals surface area contributed by atoms with E-state index in [1.807, 2.05) is 6.07 Å². The Bertz CT molecular complexity index is 1130. The standard InChI is InChI=1S/C25H28FN3S/c1-15(2)27-25-28-23-13-19(7-9-24(23)30-25)29-11-10-17-5-4-16(3)20-8-6-18(26)12-21(20)22(17)14-29/h6-9,12-13,15-16H,4-5,10-11,14H2,1-3H3,(H,27,28). The van der Waals surface area contributed by atoms with Gasteiger partial charge in [-0.1, -0.05) is 29.9 Å². The highest BCUT2D eigenvalue weighted by molar-refractivity contribution is 7.22. The molecular weight excluding hydrogens is 393 g/mol. The van der Waals surface area contributed by atoms with E-state index in [0.717, 1.165) is 48.6 Å². The van der Waals surface area contributed by atoms with E-state index in [-0.39, 0.29) is 5.82 Å². The average Bonchev–Trinajstić information content (AvgIpc) is 3.06. The second-order valence-electron chi connectivity index (χ2n) is 8.90. The lowest BCUT2D eigenvalue weighted by Gasteiger charge is -2.33. The zero-order chi connectivity index (χ0) is 20.8. The van der Waals surface area contributed by atoms with Gasteiger partial charge in [-0.3, -0.25) is 0 Å². The highest BCUT2D eigenvalue weighted by atomic mass is 32.1. The lowest BCUT2D eigenvalue weighted by molar-refractivity contribution is 0.623. The predicted octanol–water partition coefficient (Wildman–Crippen LogP) is 6.82. The molecule has 2 aliphatic rings. The minimum atomic E-state index is -0.138. The van der Waals surface area contributed by atoms with Crippen LogP contribution in [0.15, 0.2) is 42.0 Å². The van der Waals surface area contributed by atoms with Gasteiger partial charge in [-0.25, -0.2) is 9.37 Å². The fourth-order valence-corrected chi connectivity index (χ4v) is 5.75. The molecule has 0 fully saturated rings. The van der Waals surface area contributed by atoms with Gasteiger partial charge in [0.15, 0.2) is 5.13 Å². The summed E-state index contributed by atoms with van der Waals surface area (Å²) in [7, 11) is 0. The van der Waals surface area contributed by atoms with Crippen molar-refractivity contribution < 1.29 is 4.39 Å². The molecule has 0 saturated carbocycles. The van der Waals surface area contributed by atoms with Crippen LogP contribution in [0.5, 0.6) is 0 Å². The lowest BCUT2D eigenvalue weighted by Crippen LogP contribution is -2.31. The minimum Gasteiger partial charge on any atom is -0.367 e. The molecule has 1 aliphatic carbocycles. The van der Waals surface area contributed by atoms with Crippen molar-refractivity contribution >= 4 is 37.9 Å². The molecule has 1 aromatic heterocycles. The summed E-state index contributed by atoms with van der Waals surface area (Å²) in [5.41, 5.74) is 7.51. The number of thiazole rings is 1.